The molecule has 0 spiro atoms. The Labute approximate surface area is 130 Å². The lowest BCUT2D eigenvalue weighted by atomic mass is 10.2. The van der Waals surface area contributed by atoms with Crippen LogP contribution >= 0.6 is 22.9 Å². The molecule has 3 heterocycles. The largest absolute Gasteiger partial charge is 0.465 e. The van der Waals surface area contributed by atoms with Crippen LogP contribution in [0.2, 0.25) is 5.02 Å². The van der Waals surface area contributed by atoms with Crippen LogP contribution in [0, 0.1) is 13.8 Å². The topological polar surface area (TPSA) is 56.5 Å². The Hall–Kier alpha value is -1.92. The smallest absolute Gasteiger partial charge is 0.339 e. The van der Waals surface area contributed by atoms with Crippen LogP contribution in [0.5, 0.6) is 0 Å². The van der Waals surface area contributed by atoms with Gasteiger partial charge < -0.3 is 4.74 Å². The lowest BCUT2D eigenvalue weighted by Crippen LogP contribution is -2.03. The minimum Gasteiger partial charge on any atom is -0.465 e. The average molecular weight is 322 g/mol. The molecule has 0 atom stereocenters. The number of hydrogen-bond donors (Lipinski definition) is 0. The molecule has 0 fully saturated rings. The summed E-state index contributed by atoms with van der Waals surface area (Å²) in [5.41, 5.74) is 2.08. The monoisotopic (exact) mass is 321 g/mol. The fourth-order valence-electron chi connectivity index (χ4n) is 2.03. The third-order valence-corrected chi connectivity index (χ3v) is 4.69. The summed E-state index contributed by atoms with van der Waals surface area (Å²) in [7, 11) is 1.33. The van der Waals surface area contributed by atoms with E-state index in [-0.39, 0.29) is 0 Å². The van der Waals surface area contributed by atoms with Gasteiger partial charge in [-0.25, -0.2) is 4.79 Å². The molecule has 0 bridgehead atoms. The predicted octanol–water partition coefficient (Wildman–Crippen LogP) is 3.51. The van der Waals surface area contributed by atoms with Gasteiger partial charge in [-0.2, -0.15) is 0 Å². The fourth-order valence-corrected chi connectivity index (χ4v) is 3.30. The Morgan fingerprint density at radius 2 is 2.10 bits per heavy atom. The van der Waals surface area contributed by atoms with E-state index in [2.05, 4.69) is 23.2 Å². The van der Waals surface area contributed by atoms with E-state index in [1.54, 1.807) is 21.9 Å². The van der Waals surface area contributed by atoms with Crippen molar-refractivity contribution in [3.8, 4) is 10.7 Å². The van der Waals surface area contributed by atoms with E-state index in [1.807, 2.05) is 6.92 Å². The van der Waals surface area contributed by atoms with Crippen molar-refractivity contribution in [2.45, 2.75) is 13.8 Å². The number of carbonyl (C=O) groups is 1. The maximum Gasteiger partial charge on any atom is 0.339 e. The van der Waals surface area contributed by atoms with Crippen molar-refractivity contribution in [3.63, 3.8) is 0 Å². The van der Waals surface area contributed by atoms with Gasteiger partial charge in [-0.05, 0) is 31.5 Å². The Morgan fingerprint density at radius 3 is 2.71 bits per heavy atom. The number of aromatic nitrogens is 3. The number of hydrogen-bond acceptors (Lipinski definition) is 5. The van der Waals surface area contributed by atoms with Gasteiger partial charge in [0, 0.05) is 11.1 Å². The molecule has 3 aromatic heterocycles. The molecule has 0 aliphatic rings. The summed E-state index contributed by atoms with van der Waals surface area (Å²) in [4.78, 5) is 13.9. The molecule has 5 nitrogen and oxygen atoms in total. The average Bonchev–Trinajstić information content (AvgIpc) is 3.02. The number of halogens is 1. The Kier molecular flexibility index (Phi) is 3.43. The molecular weight excluding hydrogens is 310 g/mol. The first-order chi connectivity index (χ1) is 10.0. The first-order valence-corrected chi connectivity index (χ1v) is 7.40. The molecule has 0 aliphatic carbocycles. The quantitative estimate of drug-likeness (QED) is 0.678. The second-order valence-electron chi connectivity index (χ2n) is 4.64. The van der Waals surface area contributed by atoms with Crippen LogP contribution in [0.25, 0.3) is 16.3 Å². The number of fused-ring (bicyclic) bond motifs is 1. The molecule has 21 heavy (non-hydrogen) atoms. The van der Waals surface area contributed by atoms with Crippen molar-refractivity contribution in [2.75, 3.05) is 7.11 Å². The predicted molar refractivity (Wildman–Crippen MR) is 82.1 cm³/mol. The first kappa shape index (κ1) is 14.0. The maximum atomic E-state index is 11.7. The molecule has 0 saturated carbocycles. The molecule has 0 amide bonds. The molecule has 0 aliphatic heterocycles. The Balaban J connectivity index is 2.24. The van der Waals surface area contributed by atoms with Gasteiger partial charge in [0.1, 0.15) is 0 Å². The van der Waals surface area contributed by atoms with Gasteiger partial charge in [-0.1, -0.05) is 11.6 Å². The van der Waals surface area contributed by atoms with Crippen molar-refractivity contribution < 1.29 is 9.53 Å². The number of rotatable bonds is 2. The van der Waals surface area contributed by atoms with Crippen LogP contribution < -0.4 is 0 Å². The third kappa shape index (κ3) is 2.30. The van der Waals surface area contributed by atoms with Crippen molar-refractivity contribution >= 4 is 34.6 Å². The number of thiophene rings is 1. The fraction of sp³-hybridized carbons (Fsp3) is 0.214. The highest BCUT2D eigenvalue weighted by Crippen LogP contribution is 2.31. The summed E-state index contributed by atoms with van der Waals surface area (Å²) in [6.45, 7) is 4.10. The summed E-state index contributed by atoms with van der Waals surface area (Å²) in [5, 5.41) is 8.65. The molecular formula is C14H12ClN3O2S. The van der Waals surface area contributed by atoms with Crippen LogP contribution in [0.4, 0.5) is 0 Å². The zero-order chi connectivity index (χ0) is 15.1. The highest BCUT2D eigenvalue weighted by Gasteiger charge is 2.17. The molecule has 7 heteroatoms. The van der Waals surface area contributed by atoms with E-state index in [0.717, 1.165) is 4.88 Å². The highest BCUT2D eigenvalue weighted by molar-refractivity contribution is 7.15. The minimum absolute atomic E-state index is 0.362. The van der Waals surface area contributed by atoms with Crippen molar-refractivity contribution in [3.05, 3.63) is 39.4 Å². The zero-order valence-corrected chi connectivity index (χ0v) is 13.2. The van der Waals surface area contributed by atoms with Gasteiger partial charge >= 0.3 is 5.97 Å². The van der Waals surface area contributed by atoms with E-state index >= 15 is 0 Å². The van der Waals surface area contributed by atoms with Gasteiger partial charge in [0.05, 0.1) is 22.6 Å². The molecule has 0 saturated heterocycles. The van der Waals surface area contributed by atoms with E-state index in [1.165, 1.54) is 23.6 Å². The van der Waals surface area contributed by atoms with Crippen LogP contribution in [0.1, 0.15) is 20.8 Å². The van der Waals surface area contributed by atoms with Crippen molar-refractivity contribution in [1.29, 1.82) is 0 Å². The number of pyridine rings is 1. The number of methoxy groups -OCH3 is 1. The van der Waals surface area contributed by atoms with Gasteiger partial charge in [-0.15, -0.1) is 21.5 Å². The number of esters is 1. The molecule has 0 N–H and O–H groups in total. The summed E-state index contributed by atoms with van der Waals surface area (Å²) in [6.07, 6.45) is 1.65. The van der Waals surface area contributed by atoms with Gasteiger partial charge in [0.15, 0.2) is 11.5 Å². The molecule has 0 unspecified atom stereocenters. The van der Waals surface area contributed by atoms with E-state index < -0.39 is 5.97 Å². The SMILES string of the molecule is COC(=O)c1cc(Cl)c2nnc(-c3cc(C)c(C)s3)n2c1. The second-order valence-corrected chi connectivity index (χ2v) is 6.30. The molecule has 0 radical (unpaired) electrons. The van der Waals surface area contributed by atoms with Crippen LogP contribution in [0.3, 0.4) is 0 Å². The van der Waals surface area contributed by atoms with Gasteiger partial charge in [0.25, 0.3) is 0 Å². The van der Waals surface area contributed by atoms with Gasteiger partial charge in [-0.3, -0.25) is 4.40 Å². The number of nitrogens with zero attached hydrogens (tertiary/aromatic N) is 3. The standard InChI is InChI=1S/C14H12ClN3O2S/c1-7-4-11(21-8(7)2)13-17-16-12-10(15)5-9(6-18(12)13)14(19)20-3/h4-6H,1-3H3. The summed E-state index contributed by atoms with van der Waals surface area (Å²) in [5.74, 6) is 0.218. The van der Waals surface area contributed by atoms with Crippen molar-refractivity contribution in [2.24, 2.45) is 0 Å². The van der Waals surface area contributed by atoms with Crippen LogP contribution in [-0.4, -0.2) is 27.7 Å². The maximum absolute atomic E-state index is 11.7. The van der Waals surface area contributed by atoms with Gasteiger partial charge in [0.2, 0.25) is 0 Å². The van der Waals surface area contributed by atoms with E-state index in [4.69, 9.17) is 16.3 Å². The zero-order valence-electron chi connectivity index (χ0n) is 11.7. The minimum atomic E-state index is -0.447. The highest BCUT2D eigenvalue weighted by atomic mass is 35.5. The number of ether oxygens (including phenoxy) is 1. The third-order valence-electron chi connectivity index (χ3n) is 3.27. The molecule has 3 rings (SSSR count). The number of aryl methyl sites for hydroxylation is 2. The summed E-state index contributed by atoms with van der Waals surface area (Å²) < 4.78 is 6.46. The molecule has 0 aromatic carbocycles. The van der Waals surface area contributed by atoms with E-state index in [9.17, 15) is 4.79 Å². The number of carbonyl (C=O) groups excluding carboxylic acids is 1. The van der Waals surface area contributed by atoms with Crippen LogP contribution in [0.15, 0.2) is 18.3 Å². The van der Waals surface area contributed by atoms with E-state index in [0.29, 0.717) is 22.1 Å². The Bertz CT molecular complexity index is 834. The normalized spacial score (nSPS) is 11.0. The second kappa shape index (κ2) is 5.13. The van der Waals surface area contributed by atoms with Crippen LogP contribution in [-0.2, 0) is 4.74 Å². The Morgan fingerprint density at radius 1 is 1.33 bits per heavy atom. The first-order valence-electron chi connectivity index (χ1n) is 6.21. The summed E-state index contributed by atoms with van der Waals surface area (Å²) >= 11 is 7.80. The lowest BCUT2D eigenvalue weighted by molar-refractivity contribution is 0.0600. The lowest BCUT2D eigenvalue weighted by Gasteiger charge is -2.03. The van der Waals surface area contributed by atoms with Crippen molar-refractivity contribution in [1.82, 2.24) is 14.6 Å². The summed E-state index contributed by atoms with van der Waals surface area (Å²) in [6, 6.07) is 3.58. The molecule has 3 aromatic rings. The molecule has 108 valence electrons.